The third-order valence-electron chi connectivity index (χ3n) is 4.98. The first-order valence-corrected chi connectivity index (χ1v) is 10.1. The third-order valence-corrected chi connectivity index (χ3v) is 4.98. The predicted octanol–water partition coefficient (Wildman–Crippen LogP) is 1.15. The second-order valence-corrected chi connectivity index (χ2v) is 7.45. The minimum Gasteiger partial charge on any atom is -0.496 e. The van der Waals surface area contributed by atoms with Crippen LogP contribution in [0.4, 0.5) is 0 Å². The van der Waals surface area contributed by atoms with Gasteiger partial charge in [-0.1, -0.05) is 24.6 Å². The van der Waals surface area contributed by atoms with Gasteiger partial charge in [-0.3, -0.25) is 19.4 Å². The minimum absolute atomic E-state index is 0.104. The maximum absolute atomic E-state index is 12.2. The number of carbonyl (C=O) groups excluding carboxylic acids is 2. The summed E-state index contributed by atoms with van der Waals surface area (Å²) in [6, 6.07) is 5.74. The Morgan fingerprint density at radius 3 is 2.50 bits per heavy atom. The van der Waals surface area contributed by atoms with E-state index in [1.54, 1.807) is 14.0 Å². The van der Waals surface area contributed by atoms with Crippen LogP contribution in [0.25, 0.3) is 0 Å². The largest absolute Gasteiger partial charge is 0.496 e. The molecule has 0 spiro atoms. The number of nitrogens with zero attached hydrogens (tertiary/aromatic N) is 2. The van der Waals surface area contributed by atoms with Gasteiger partial charge in [0.05, 0.1) is 13.7 Å². The van der Waals surface area contributed by atoms with Gasteiger partial charge in [0, 0.05) is 44.8 Å². The minimum atomic E-state index is -0.505. The number of rotatable bonds is 9. The number of hydrogen-bond donors (Lipinski definition) is 2. The van der Waals surface area contributed by atoms with E-state index in [2.05, 4.69) is 39.5 Å². The van der Waals surface area contributed by atoms with Crippen molar-refractivity contribution in [1.82, 2.24) is 20.4 Å². The van der Waals surface area contributed by atoms with Gasteiger partial charge in [0.25, 0.3) is 0 Å². The number of methoxy groups -OCH3 is 1. The van der Waals surface area contributed by atoms with E-state index < -0.39 is 6.04 Å². The number of hydrogen-bond acceptors (Lipinski definition) is 5. The van der Waals surface area contributed by atoms with Gasteiger partial charge in [-0.2, -0.15) is 0 Å². The van der Waals surface area contributed by atoms with Crippen molar-refractivity contribution in [2.24, 2.45) is 0 Å². The number of nitrogens with one attached hydrogen (secondary N) is 2. The Kier molecular flexibility index (Phi) is 8.73. The average molecular weight is 391 g/mol. The van der Waals surface area contributed by atoms with Gasteiger partial charge in [-0.05, 0) is 26.3 Å². The van der Waals surface area contributed by atoms with Gasteiger partial charge in [0.1, 0.15) is 11.8 Å². The van der Waals surface area contributed by atoms with Gasteiger partial charge in [-0.25, -0.2) is 0 Å². The zero-order chi connectivity index (χ0) is 20.5. The van der Waals surface area contributed by atoms with Crippen LogP contribution in [0.15, 0.2) is 18.2 Å². The third kappa shape index (κ3) is 6.80. The molecule has 2 amide bonds. The molecule has 0 bridgehead atoms. The summed E-state index contributed by atoms with van der Waals surface area (Å²) in [5, 5.41) is 5.58. The molecular formula is C21H34N4O3. The highest BCUT2D eigenvalue weighted by molar-refractivity contribution is 5.87. The molecule has 2 N–H and O–H groups in total. The lowest BCUT2D eigenvalue weighted by molar-refractivity contribution is -0.129. The van der Waals surface area contributed by atoms with Crippen molar-refractivity contribution in [3.8, 4) is 5.75 Å². The fourth-order valence-corrected chi connectivity index (χ4v) is 3.33. The van der Waals surface area contributed by atoms with Gasteiger partial charge >= 0.3 is 0 Å². The SMILES string of the molecule is CCCNC(=O)[C@H](C)NC(=O)CN1CCN(Cc2cc(C)ccc2OC)CC1. The van der Waals surface area contributed by atoms with Crippen LogP contribution in [-0.4, -0.2) is 74.0 Å². The Morgan fingerprint density at radius 1 is 1.18 bits per heavy atom. The molecule has 28 heavy (non-hydrogen) atoms. The van der Waals surface area contributed by atoms with Gasteiger partial charge in [0.2, 0.25) is 11.8 Å². The molecular weight excluding hydrogens is 356 g/mol. The topological polar surface area (TPSA) is 73.9 Å². The van der Waals surface area contributed by atoms with Crippen LogP contribution in [0.3, 0.4) is 0 Å². The molecule has 0 unspecified atom stereocenters. The van der Waals surface area contributed by atoms with E-state index in [1.807, 2.05) is 13.0 Å². The van der Waals surface area contributed by atoms with E-state index in [0.717, 1.165) is 44.9 Å². The molecule has 156 valence electrons. The van der Waals surface area contributed by atoms with Crippen LogP contribution < -0.4 is 15.4 Å². The Hall–Kier alpha value is -2.12. The highest BCUT2D eigenvalue weighted by atomic mass is 16.5. The number of aryl methyl sites for hydroxylation is 1. The van der Waals surface area contributed by atoms with E-state index in [9.17, 15) is 9.59 Å². The number of ether oxygens (including phenoxy) is 1. The number of carbonyl (C=O) groups is 2. The summed E-state index contributed by atoms with van der Waals surface area (Å²) in [4.78, 5) is 28.6. The average Bonchev–Trinajstić information content (AvgIpc) is 2.67. The summed E-state index contributed by atoms with van der Waals surface area (Å²) in [7, 11) is 1.70. The summed E-state index contributed by atoms with van der Waals surface area (Å²) >= 11 is 0. The first kappa shape index (κ1) is 22.2. The molecule has 0 radical (unpaired) electrons. The number of piperazine rings is 1. The van der Waals surface area contributed by atoms with Crippen molar-refractivity contribution in [1.29, 1.82) is 0 Å². The lowest BCUT2D eigenvalue weighted by Gasteiger charge is -2.34. The van der Waals surface area contributed by atoms with Gasteiger partial charge < -0.3 is 15.4 Å². The van der Waals surface area contributed by atoms with Crippen molar-refractivity contribution >= 4 is 11.8 Å². The van der Waals surface area contributed by atoms with E-state index in [-0.39, 0.29) is 11.8 Å². The summed E-state index contributed by atoms with van der Waals surface area (Å²) in [6.07, 6.45) is 0.880. The lowest BCUT2D eigenvalue weighted by Crippen LogP contribution is -2.52. The summed E-state index contributed by atoms with van der Waals surface area (Å²) in [6.45, 7) is 11.1. The van der Waals surface area contributed by atoms with Crippen molar-refractivity contribution in [2.45, 2.75) is 39.8 Å². The molecule has 0 aromatic heterocycles. The smallest absolute Gasteiger partial charge is 0.242 e. The maximum Gasteiger partial charge on any atom is 0.242 e. The Balaban J connectivity index is 1.75. The molecule has 7 nitrogen and oxygen atoms in total. The van der Waals surface area contributed by atoms with Crippen molar-refractivity contribution in [3.63, 3.8) is 0 Å². The molecule has 1 atom stereocenters. The van der Waals surface area contributed by atoms with E-state index in [1.165, 1.54) is 11.1 Å². The first-order valence-electron chi connectivity index (χ1n) is 10.1. The van der Waals surface area contributed by atoms with Gasteiger partial charge in [0.15, 0.2) is 0 Å². The molecule has 7 heteroatoms. The van der Waals surface area contributed by atoms with Crippen LogP contribution in [-0.2, 0) is 16.1 Å². The van der Waals surface area contributed by atoms with E-state index in [0.29, 0.717) is 13.1 Å². The fourth-order valence-electron chi connectivity index (χ4n) is 3.33. The maximum atomic E-state index is 12.2. The number of benzene rings is 1. The molecule has 1 heterocycles. The molecule has 2 rings (SSSR count). The lowest BCUT2D eigenvalue weighted by atomic mass is 10.1. The summed E-state index contributed by atoms with van der Waals surface area (Å²) in [5.41, 5.74) is 2.42. The van der Waals surface area contributed by atoms with E-state index in [4.69, 9.17) is 4.74 Å². The Labute approximate surface area is 168 Å². The molecule has 1 aliphatic heterocycles. The van der Waals surface area contributed by atoms with E-state index >= 15 is 0 Å². The van der Waals surface area contributed by atoms with Crippen LogP contribution in [0, 0.1) is 6.92 Å². The standard InChI is InChI=1S/C21H34N4O3/c1-5-8-22-21(27)17(3)23-20(26)15-25-11-9-24(10-12-25)14-18-13-16(2)6-7-19(18)28-4/h6-7,13,17H,5,8-12,14-15H2,1-4H3,(H,22,27)(H,23,26)/t17-/m0/s1. The van der Waals surface area contributed by atoms with Crippen LogP contribution >= 0.6 is 0 Å². The highest BCUT2D eigenvalue weighted by Crippen LogP contribution is 2.21. The molecule has 1 saturated heterocycles. The Morgan fingerprint density at radius 2 is 1.86 bits per heavy atom. The van der Waals surface area contributed by atoms with Crippen LogP contribution in [0.5, 0.6) is 5.75 Å². The van der Waals surface area contributed by atoms with Crippen molar-refractivity contribution < 1.29 is 14.3 Å². The predicted molar refractivity (Wildman–Crippen MR) is 110 cm³/mol. The quantitative estimate of drug-likeness (QED) is 0.662. The normalized spacial score (nSPS) is 16.4. The monoisotopic (exact) mass is 390 g/mol. The second-order valence-electron chi connectivity index (χ2n) is 7.45. The fraction of sp³-hybridized carbons (Fsp3) is 0.619. The molecule has 1 fully saturated rings. The molecule has 1 aromatic carbocycles. The van der Waals surface area contributed by atoms with Crippen molar-refractivity contribution in [2.75, 3.05) is 46.4 Å². The molecule has 1 aromatic rings. The van der Waals surface area contributed by atoms with Crippen molar-refractivity contribution in [3.05, 3.63) is 29.3 Å². The summed E-state index contributed by atoms with van der Waals surface area (Å²) in [5.74, 6) is 0.683. The molecule has 0 saturated carbocycles. The summed E-state index contributed by atoms with van der Waals surface area (Å²) < 4.78 is 5.47. The zero-order valence-electron chi connectivity index (χ0n) is 17.6. The van der Waals surface area contributed by atoms with Crippen LogP contribution in [0.1, 0.15) is 31.4 Å². The molecule has 1 aliphatic rings. The van der Waals surface area contributed by atoms with Crippen LogP contribution in [0.2, 0.25) is 0 Å². The highest BCUT2D eigenvalue weighted by Gasteiger charge is 2.21. The molecule has 0 aliphatic carbocycles. The number of amides is 2. The second kappa shape index (κ2) is 11.0. The van der Waals surface area contributed by atoms with Gasteiger partial charge in [-0.15, -0.1) is 0 Å². The zero-order valence-corrected chi connectivity index (χ0v) is 17.6. The Bertz CT molecular complexity index is 657. The first-order chi connectivity index (χ1) is 13.4.